The van der Waals surface area contributed by atoms with Gasteiger partial charge in [0.05, 0.1) is 11.1 Å². The number of rotatable bonds is 5. The highest BCUT2D eigenvalue weighted by atomic mass is 35.5. The summed E-state index contributed by atoms with van der Waals surface area (Å²) in [6.07, 6.45) is 0. The quantitative estimate of drug-likeness (QED) is 0.697. The van der Waals surface area contributed by atoms with E-state index in [0.29, 0.717) is 0 Å². The van der Waals surface area contributed by atoms with Gasteiger partial charge in [-0.25, -0.2) is 9.18 Å². The van der Waals surface area contributed by atoms with Crippen molar-refractivity contribution in [2.45, 2.75) is 13.2 Å². The van der Waals surface area contributed by atoms with Crippen LogP contribution in [-0.2, 0) is 13.2 Å². The van der Waals surface area contributed by atoms with Crippen LogP contribution in [-0.4, -0.2) is 19.8 Å². The molecular formula is C16H11ClFN5O2. The number of nitriles is 1. The molecular weight excluding hydrogens is 349 g/mol. The molecule has 1 aromatic heterocycles. The van der Waals surface area contributed by atoms with E-state index in [4.69, 9.17) is 21.6 Å². The van der Waals surface area contributed by atoms with Crippen LogP contribution in [0, 0.1) is 17.1 Å². The molecule has 0 fully saturated rings. The topological polar surface area (TPSA) is 85.7 Å². The summed E-state index contributed by atoms with van der Waals surface area (Å²) in [6, 6.07) is 13.4. The zero-order valence-corrected chi connectivity index (χ0v) is 13.5. The molecule has 0 N–H and O–H groups in total. The van der Waals surface area contributed by atoms with Crippen LogP contribution in [0.1, 0.15) is 5.56 Å². The minimum Gasteiger partial charge on any atom is -0.487 e. The van der Waals surface area contributed by atoms with Crippen LogP contribution in [0.4, 0.5) is 4.39 Å². The van der Waals surface area contributed by atoms with Crippen LogP contribution in [0.3, 0.4) is 0 Å². The Labute approximate surface area is 146 Å². The van der Waals surface area contributed by atoms with E-state index in [1.807, 2.05) is 30.3 Å². The number of aromatic nitrogens is 4. The monoisotopic (exact) mass is 359 g/mol. The molecule has 0 saturated heterocycles. The van der Waals surface area contributed by atoms with Crippen LogP contribution in [0.5, 0.6) is 5.75 Å². The average molecular weight is 360 g/mol. The van der Waals surface area contributed by atoms with E-state index in [9.17, 15) is 9.18 Å². The lowest BCUT2D eigenvalue weighted by molar-refractivity contribution is 0.305. The SMILES string of the molecule is N#CCn1nnn(-c2cc(OCc3ccccc3)c(Cl)cc2F)c1=O. The van der Waals surface area contributed by atoms with Crippen molar-refractivity contribution in [2.75, 3.05) is 0 Å². The van der Waals surface area contributed by atoms with Crippen molar-refractivity contribution in [3.63, 3.8) is 0 Å². The molecule has 9 heteroatoms. The van der Waals surface area contributed by atoms with Gasteiger partial charge in [0.2, 0.25) is 0 Å². The number of hydrogen-bond donors (Lipinski definition) is 0. The highest BCUT2D eigenvalue weighted by molar-refractivity contribution is 6.32. The summed E-state index contributed by atoms with van der Waals surface area (Å²) in [5.41, 5.74) is 0.00000618. The van der Waals surface area contributed by atoms with Gasteiger partial charge in [-0.05, 0) is 22.1 Å². The highest BCUT2D eigenvalue weighted by Gasteiger charge is 2.16. The average Bonchev–Trinajstić information content (AvgIpc) is 2.96. The molecule has 0 bridgehead atoms. The van der Waals surface area contributed by atoms with Gasteiger partial charge in [0.25, 0.3) is 0 Å². The smallest absolute Gasteiger partial charge is 0.369 e. The van der Waals surface area contributed by atoms with Crippen molar-refractivity contribution >= 4 is 11.6 Å². The van der Waals surface area contributed by atoms with E-state index in [-0.39, 0.29) is 29.6 Å². The Kier molecular flexibility index (Phi) is 4.77. The molecule has 0 saturated carbocycles. The number of nitrogens with zero attached hydrogens (tertiary/aromatic N) is 5. The van der Waals surface area contributed by atoms with Crippen molar-refractivity contribution in [1.29, 1.82) is 5.26 Å². The lowest BCUT2D eigenvalue weighted by atomic mass is 10.2. The number of ether oxygens (including phenoxy) is 1. The van der Waals surface area contributed by atoms with Gasteiger partial charge in [0, 0.05) is 6.07 Å². The molecule has 7 nitrogen and oxygen atoms in total. The predicted octanol–water partition coefficient (Wildman–Crippen LogP) is 2.32. The maximum atomic E-state index is 14.2. The first-order chi connectivity index (χ1) is 12.1. The second-order valence-corrected chi connectivity index (χ2v) is 5.40. The minimum atomic E-state index is -0.761. The van der Waals surface area contributed by atoms with Gasteiger partial charge in [-0.3, -0.25) is 0 Å². The van der Waals surface area contributed by atoms with Crippen molar-refractivity contribution in [3.8, 4) is 17.5 Å². The zero-order chi connectivity index (χ0) is 17.8. The number of halogens is 2. The third-order valence-electron chi connectivity index (χ3n) is 3.33. The summed E-state index contributed by atoms with van der Waals surface area (Å²) < 4.78 is 21.4. The van der Waals surface area contributed by atoms with Gasteiger partial charge in [-0.15, -0.1) is 0 Å². The number of benzene rings is 2. The number of tetrazole rings is 1. The second kappa shape index (κ2) is 7.15. The molecule has 0 aliphatic heterocycles. The third-order valence-corrected chi connectivity index (χ3v) is 3.62. The molecule has 0 atom stereocenters. The molecule has 0 radical (unpaired) electrons. The summed E-state index contributed by atoms with van der Waals surface area (Å²) in [7, 11) is 0. The van der Waals surface area contributed by atoms with Crippen LogP contribution in [0.25, 0.3) is 5.69 Å². The van der Waals surface area contributed by atoms with Gasteiger partial charge >= 0.3 is 5.69 Å². The summed E-state index contributed by atoms with van der Waals surface area (Å²) >= 11 is 6.01. The Balaban J connectivity index is 1.93. The van der Waals surface area contributed by atoms with E-state index < -0.39 is 11.5 Å². The maximum Gasteiger partial charge on any atom is 0.369 e. The molecule has 126 valence electrons. The Morgan fingerprint density at radius 3 is 2.72 bits per heavy atom. The van der Waals surface area contributed by atoms with Gasteiger partial charge in [-0.2, -0.15) is 14.6 Å². The second-order valence-electron chi connectivity index (χ2n) is 5.00. The molecule has 2 aromatic carbocycles. The Morgan fingerprint density at radius 1 is 1.24 bits per heavy atom. The standard InChI is InChI=1S/C16H11ClFN5O2/c17-12-8-13(18)14(23-16(24)22(7-6-19)20-21-23)9-15(12)25-10-11-4-2-1-3-5-11/h1-5,8-9H,7,10H2. The third kappa shape index (κ3) is 3.51. The summed E-state index contributed by atoms with van der Waals surface area (Å²) in [5, 5.41) is 15.8. The lowest BCUT2D eigenvalue weighted by Gasteiger charge is -2.10. The van der Waals surface area contributed by atoms with Crippen LogP contribution >= 0.6 is 11.6 Å². The molecule has 0 amide bonds. The first kappa shape index (κ1) is 16.7. The zero-order valence-electron chi connectivity index (χ0n) is 12.8. The van der Waals surface area contributed by atoms with Crippen molar-refractivity contribution in [2.24, 2.45) is 0 Å². The fourth-order valence-corrected chi connectivity index (χ4v) is 2.32. The van der Waals surface area contributed by atoms with E-state index >= 15 is 0 Å². The van der Waals surface area contributed by atoms with E-state index in [2.05, 4.69) is 10.4 Å². The molecule has 0 unspecified atom stereocenters. The van der Waals surface area contributed by atoms with Crippen molar-refractivity contribution in [1.82, 2.24) is 19.8 Å². The first-order valence-corrected chi connectivity index (χ1v) is 7.54. The van der Waals surface area contributed by atoms with Gasteiger partial charge in [0.1, 0.15) is 24.6 Å². The largest absolute Gasteiger partial charge is 0.487 e. The molecule has 0 aliphatic carbocycles. The molecule has 3 rings (SSSR count). The molecule has 0 spiro atoms. The number of hydrogen-bond acceptors (Lipinski definition) is 5. The Morgan fingerprint density at radius 2 is 2.00 bits per heavy atom. The first-order valence-electron chi connectivity index (χ1n) is 7.16. The van der Waals surface area contributed by atoms with Crippen molar-refractivity contribution in [3.05, 3.63) is 69.4 Å². The predicted molar refractivity (Wildman–Crippen MR) is 87.0 cm³/mol. The Hall–Kier alpha value is -3.18. The van der Waals surface area contributed by atoms with E-state index in [1.165, 1.54) is 6.07 Å². The highest BCUT2D eigenvalue weighted by Crippen LogP contribution is 2.29. The van der Waals surface area contributed by atoms with Crippen LogP contribution in [0.15, 0.2) is 47.3 Å². The van der Waals surface area contributed by atoms with E-state index in [1.54, 1.807) is 6.07 Å². The summed E-state index contributed by atoms with van der Waals surface area (Å²) in [5.74, 6) is -0.563. The summed E-state index contributed by atoms with van der Waals surface area (Å²) in [6.45, 7) is -0.0624. The van der Waals surface area contributed by atoms with Gasteiger partial charge < -0.3 is 4.74 Å². The maximum absolute atomic E-state index is 14.2. The molecule has 0 aliphatic rings. The Bertz CT molecular complexity index is 994. The van der Waals surface area contributed by atoms with Crippen molar-refractivity contribution < 1.29 is 9.13 Å². The fourth-order valence-electron chi connectivity index (χ4n) is 2.12. The van der Waals surface area contributed by atoms with E-state index in [0.717, 1.165) is 21.0 Å². The normalized spacial score (nSPS) is 10.4. The molecule has 3 aromatic rings. The van der Waals surface area contributed by atoms with Crippen LogP contribution < -0.4 is 10.4 Å². The fraction of sp³-hybridized carbons (Fsp3) is 0.125. The molecule has 25 heavy (non-hydrogen) atoms. The van der Waals surface area contributed by atoms with Gasteiger partial charge in [0.15, 0.2) is 5.82 Å². The van der Waals surface area contributed by atoms with Crippen LogP contribution in [0.2, 0.25) is 5.02 Å². The summed E-state index contributed by atoms with van der Waals surface area (Å²) in [4.78, 5) is 12.1. The minimum absolute atomic E-state index is 0.0645. The van der Waals surface area contributed by atoms with Gasteiger partial charge in [-0.1, -0.05) is 41.9 Å². The molecule has 1 heterocycles. The lowest BCUT2D eigenvalue weighted by Crippen LogP contribution is -2.24.